The molecule has 2 rings (SSSR count). The SMILES string of the molecule is CCc1oncc1C(=O)NOc1ccc(C)cc1. The molecule has 0 aliphatic rings. The van der Waals surface area contributed by atoms with Gasteiger partial charge in [-0.2, -0.15) is 5.48 Å². The summed E-state index contributed by atoms with van der Waals surface area (Å²) in [6, 6.07) is 7.37. The zero-order chi connectivity index (χ0) is 13.0. The van der Waals surface area contributed by atoms with Crippen LogP contribution in [-0.2, 0) is 6.42 Å². The average Bonchev–Trinajstić information content (AvgIpc) is 2.86. The number of aryl methyl sites for hydroxylation is 2. The minimum Gasteiger partial charge on any atom is -0.379 e. The highest BCUT2D eigenvalue weighted by Crippen LogP contribution is 2.12. The number of rotatable bonds is 4. The standard InChI is InChI=1S/C13H14N2O3/c1-3-12-11(8-14-18-12)13(16)15-17-10-6-4-9(2)5-7-10/h4-8H,3H2,1-2H3,(H,15,16). The van der Waals surface area contributed by atoms with E-state index < -0.39 is 0 Å². The molecule has 1 N–H and O–H groups in total. The minimum atomic E-state index is -0.367. The third-order valence-corrected chi connectivity index (χ3v) is 2.49. The maximum atomic E-state index is 11.8. The van der Waals surface area contributed by atoms with Crippen molar-refractivity contribution in [2.24, 2.45) is 0 Å². The topological polar surface area (TPSA) is 64.4 Å². The summed E-state index contributed by atoms with van der Waals surface area (Å²) in [7, 11) is 0. The fourth-order valence-corrected chi connectivity index (χ4v) is 1.47. The van der Waals surface area contributed by atoms with E-state index >= 15 is 0 Å². The van der Waals surface area contributed by atoms with E-state index in [1.54, 1.807) is 12.1 Å². The van der Waals surface area contributed by atoms with Gasteiger partial charge in [-0.05, 0) is 19.1 Å². The Kier molecular flexibility index (Phi) is 3.62. The Morgan fingerprint density at radius 2 is 2.11 bits per heavy atom. The van der Waals surface area contributed by atoms with Crippen LogP contribution in [0.5, 0.6) is 5.75 Å². The van der Waals surface area contributed by atoms with E-state index in [1.807, 2.05) is 26.0 Å². The zero-order valence-corrected chi connectivity index (χ0v) is 10.3. The van der Waals surface area contributed by atoms with Crippen LogP contribution in [-0.4, -0.2) is 11.1 Å². The van der Waals surface area contributed by atoms with Crippen molar-refractivity contribution in [2.45, 2.75) is 20.3 Å². The number of benzene rings is 1. The van der Waals surface area contributed by atoms with Crippen LogP contribution in [0.4, 0.5) is 0 Å². The molecule has 0 radical (unpaired) electrons. The second-order valence-corrected chi connectivity index (χ2v) is 3.86. The molecule has 0 aliphatic heterocycles. The molecule has 5 nitrogen and oxygen atoms in total. The van der Waals surface area contributed by atoms with Crippen molar-refractivity contribution in [3.8, 4) is 5.75 Å². The summed E-state index contributed by atoms with van der Waals surface area (Å²) in [5.41, 5.74) is 3.88. The molecular weight excluding hydrogens is 232 g/mol. The van der Waals surface area contributed by atoms with Crippen LogP contribution < -0.4 is 10.3 Å². The van der Waals surface area contributed by atoms with Gasteiger partial charge in [-0.25, -0.2) is 0 Å². The molecule has 1 amide bonds. The van der Waals surface area contributed by atoms with Gasteiger partial charge in [0.25, 0.3) is 5.91 Å². The molecule has 0 fully saturated rings. The van der Waals surface area contributed by atoms with E-state index in [1.165, 1.54) is 6.20 Å². The van der Waals surface area contributed by atoms with Crippen molar-refractivity contribution >= 4 is 5.91 Å². The zero-order valence-electron chi connectivity index (χ0n) is 10.3. The van der Waals surface area contributed by atoms with Gasteiger partial charge >= 0.3 is 0 Å². The van der Waals surface area contributed by atoms with Crippen molar-refractivity contribution in [3.05, 3.63) is 47.3 Å². The van der Waals surface area contributed by atoms with Gasteiger partial charge in [0.1, 0.15) is 11.3 Å². The number of amides is 1. The number of hydroxylamine groups is 1. The van der Waals surface area contributed by atoms with E-state index in [2.05, 4.69) is 10.6 Å². The molecule has 5 heteroatoms. The van der Waals surface area contributed by atoms with Crippen LogP contribution >= 0.6 is 0 Å². The Balaban J connectivity index is 1.98. The van der Waals surface area contributed by atoms with Gasteiger partial charge in [0.15, 0.2) is 5.75 Å². The van der Waals surface area contributed by atoms with Crippen LogP contribution in [0.1, 0.15) is 28.6 Å². The van der Waals surface area contributed by atoms with E-state index in [4.69, 9.17) is 9.36 Å². The molecule has 0 saturated heterocycles. The molecule has 0 atom stereocenters. The maximum Gasteiger partial charge on any atom is 0.289 e. The normalized spacial score (nSPS) is 10.1. The summed E-state index contributed by atoms with van der Waals surface area (Å²) in [5.74, 6) is 0.747. The van der Waals surface area contributed by atoms with E-state index in [9.17, 15) is 4.79 Å². The first-order valence-electron chi connectivity index (χ1n) is 5.68. The van der Waals surface area contributed by atoms with E-state index in [-0.39, 0.29) is 5.91 Å². The summed E-state index contributed by atoms with van der Waals surface area (Å²) in [5, 5.41) is 3.59. The molecular formula is C13H14N2O3. The number of nitrogens with one attached hydrogen (secondary N) is 1. The number of nitrogens with zero attached hydrogens (tertiary/aromatic N) is 1. The quantitative estimate of drug-likeness (QED) is 0.840. The lowest BCUT2D eigenvalue weighted by atomic mass is 10.2. The van der Waals surface area contributed by atoms with Gasteiger partial charge in [-0.15, -0.1) is 0 Å². The maximum absolute atomic E-state index is 11.8. The van der Waals surface area contributed by atoms with Gasteiger partial charge in [0.2, 0.25) is 0 Å². The molecule has 94 valence electrons. The molecule has 0 bridgehead atoms. The van der Waals surface area contributed by atoms with Crippen molar-refractivity contribution in [3.63, 3.8) is 0 Å². The van der Waals surface area contributed by atoms with Crippen LogP contribution in [0.2, 0.25) is 0 Å². The molecule has 1 aromatic carbocycles. The molecule has 2 aromatic rings. The first-order valence-corrected chi connectivity index (χ1v) is 5.68. The van der Waals surface area contributed by atoms with Crippen molar-refractivity contribution < 1.29 is 14.2 Å². The Bertz CT molecular complexity index is 531. The molecule has 0 aliphatic carbocycles. The van der Waals surface area contributed by atoms with Crippen LogP contribution in [0.25, 0.3) is 0 Å². The Labute approximate surface area is 105 Å². The molecule has 1 aromatic heterocycles. The lowest BCUT2D eigenvalue weighted by molar-refractivity contribution is 0.0758. The Morgan fingerprint density at radius 3 is 2.78 bits per heavy atom. The number of hydrogen-bond donors (Lipinski definition) is 1. The number of carbonyl (C=O) groups excluding carboxylic acids is 1. The Hall–Kier alpha value is -2.30. The van der Waals surface area contributed by atoms with Gasteiger partial charge in [0.05, 0.1) is 6.20 Å². The van der Waals surface area contributed by atoms with Gasteiger partial charge < -0.3 is 9.36 Å². The molecule has 0 spiro atoms. The largest absolute Gasteiger partial charge is 0.379 e. The fourth-order valence-electron chi connectivity index (χ4n) is 1.47. The van der Waals surface area contributed by atoms with Crippen LogP contribution in [0, 0.1) is 6.92 Å². The number of carbonyl (C=O) groups is 1. The monoisotopic (exact) mass is 246 g/mol. The summed E-state index contributed by atoms with van der Waals surface area (Å²) in [6.07, 6.45) is 1.99. The lowest BCUT2D eigenvalue weighted by Crippen LogP contribution is -2.27. The minimum absolute atomic E-state index is 0.367. The van der Waals surface area contributed by atoms with Crippen molar-refractivity contribution in [2.75, 3.05) is 0 Å². The van der Waals surface area contributed by atoms with Gasteiger partial charge in [-0.3, -0.25) is 4.79 Å². The number of hydrogen-bond acceptors (Lipinski definition) is 4. The van der Waals surface area contributed by atoms with E-state index in [0.717, 1.165) is 5.56 Å². The highest BCUT2D eigenvalue weighted by molar-refractivity contribution is 5.94. The summed E-state index contributed by atoms with van der Waals surface area (Å²) in [4.78, 5) is 17.0. The molecule has 1 heterocycles. The van der Waals surface area contributed by atoms with Crippen LogP contribution in [0.15, 0.2) is 35.0 Å². The first-order chi connectivity index (χ1) is 8.70. The highest BCUT2D eigenvalue weighted by atomic mass is 16.7. The van der Waals surface area contributed by atoms with Crippen molar-refractivity contribution in [1.82, 2.24) is 10.6 Å². The number of aromatic nitrogens is 1. The summed E-state index contributed by atoms with van der Waals surface area (Å²) < 4.78 is 4.94. The highest BCUT2D eigenvalue weighted by Gasteiger charge is 2.14. The summed E-state index contributed by atoms with van der Waals surface area (Å²) in [6.45, 7) is 3.87. The molecule has 18 heavy (non-hydrogen) atoms. The lowest BCUT2D eigenvalue weighted by Gasteiger charge is -2.06. The van der Waals surface area contributed by atoms with Gasteiger partial charge in [-0.1, -0.05) is 29.8 Å². The summed E-state index contributed by atoms with van der Waals surface area (Å²) >= 11 is 0. The van der Waals surface area contributed by atoms with Crippen LogP contribution in [0.3, 0.4) is 0 Å². The third-order valence-electron chi connectivity index (χ3n) is 2.49. The van der Waals surface area contributed by atoms with Crippen molar-refractivity contribution in [1.29, 1.82) is 0 Å². The van der Waals surface area contributed by atoms with E-state index in [0.29, 0.717) is 23.5 Å². The third kappa shape index (κ3) is 2.68. The Morgan fingerprint density at radius 1 is 1.39 bits per heavy atom. The molecule has 0 unspecified atom stereocenters. The molecule has 0 saturated carbocycles. The predicted octanol–water partition coefficient (Wildman–Crippen LogP) is 2.27. The average molecular weight is 246 g/mol. The second kappa shape index (κ2) is 5.35. The predicted molar refractivity (Wildman–Crippen MR) is 65.2 cm³/mol. The second-order valence-electron chi connectivity index (χ2n) is 3.86. The fraction of sp³-hybridized carbons (Fsp3) is 0.231. The van der Waals surface area contributed by atoms with Gasteiger partial charge in [0, 0.05) is 6.42 Å². The smallest absolute Gasteiger partial charge is 0.289 e. The first kappa shape index (κ1) is 12.2.